The summed E-state index contributed by atoms with van der Waals surface area (Å²) in [5, 5.41) is 2.04. The van der Waals surface area contributed by atoms with E-state index in [0.29, 0.717) is 0 Å². The van der Waals surface area contributed by atoms with Gasteiger partial charge in [0.25, 0.3) is 10.2 Å². The molecule has 1 atom stereocenters. The zero-order valence-corrected chi connectivity index (χ0v) is 8.35. The molecule has 1 aliphatic heterocycles. The fraction of sp³-hybridized carbons (Fsp3) is 0.667. The van der Waals surface area contributed by atoms with Crippen LogP contribution in [0, 0.1) is 0 Å². The van der Waals surface area contributed by atoms with Gasteiger partial charge in [0.2, 0.25) is 11.8 Å². The SMILES string of the molecule is CNS(=O)(=O)NC1CCC(=O)NC1=O. The smallest absolute Gasteiger partial charge is 0.277 e. The summed E-state index contributed by atoms with van der Waals surface area (Å²) in [6, 6.07) is -0.870. The van der Waals surface area contributed by atoms with Crippen LogP contribution in [0.1, 0.15) is 12.8 Å². The Morgan fingerprint density at radius 2 is 2.07 bits per heavy atom. The lowest BCUT2D eigenvalue weighted by atomic mass is 10.1. The molecular weight excluding hydrogens is 210 g/mol. The highest BCUT2D eigenvalue weighted by Gasteiger charge is 2.29. The first-order chi connectivity index (χ1) is 6.44. The van der Waals surface area contributed by atoms with E-state index in [2.05, 4.69) is 4.72 Å². The predicted octanol–water partition coefficient (Wildman–Crippen LogP) is -2.15. The first kappa shape index (κ1) is 11.1. The molecule has 0 radical (unpaired) electrons. The van der Waals surface area contributed by atoms with Crippen LogP contribution in [0.3, 0.4) is 0 Å². The lowest BCUT2D eigenvalue weighted by molar-refractivity contribution is -0.134. The fourth-order valence-electron chi connectivity index (χ4n) is 1.05. The van der Waals surface area contributed by atoms with Gasteiger partial charge in [0.05, 0.1) is 0 Å². The van der Waals surface area contributed by atoms with Crippen molar-refractivity contribution in [3.63, 3.8) is 0 Å². The van der Waals surface area contributed by atoms with Crippen molar-refractivity contribution in [2.75, 3.05) is 7.05 Å². The largest absolute Gasteiger partial charge is 0.295 e. The number of carbonyl (C=O) groups excluding carboxylic acids is 2. The molecule has 1 rings (SSSR count). The van der Waals surface area contributed by atoms with Crippen LogP contribution in [0.25, 0.3) is 0 Å². The molecule has 0 aromatic rings. The average Bonchev–Trinajstić information content (AvgIpc) is 2.10. The first-order valence-electron chi connectivity index (χ1n) is 3.99. The van der Waals surface area contributed by atoms with Gasteiger partial charge in [-0.2, -0.15) is 13.1 Å². The molecule has 0 aromatic heterocycles. The van der Waals surface area contributed by atoms with Crippen LogP contribution >= 0.6 is 0 Å². The van der Waals surface area contributed by atoms with Crippen molar-refractivity contribution in [2.45, 2.75) is 18.9 Å². The minimum Gasteiger partial charge on any atom is -0.295 e. The van der Waals surface area contributed by atoms with Crippen LogP contribution in [0.2, 0.25) is 0 Å². The summed E-state index contributed by atoms with van der Waals surface area (Å²) in [6.45, 7) is 0. The van der Waals surface area contributed by atoms with E-state index in [-0.39, 0.29) is 18.7 Å². The van der Waals surface area contributed by atoms with Crippen molar-refractivity contribution in [1.29, 1.82) is 0 Å². The van der Waals surface area contributed by atoms with Crippen molar-refractivity contribution in [1.82, 2.24) is 14.8 Å². The van der Waals surface area contributed by atoms with Gasteiger partial charge in [-0.1, -0.05) is 0 Å². The van der Waals surface area contributed by atoms with Gasteiger partial charge in [0.1, 0.15) is 6.04 Å². The molecule has 1 saturated heterocycles. The van der Waals surface area contributed by atoms with Gasteiger partial charge in [-0.25, -0.2) is 4.72 Å². The molecule has 0 bridgehead atoms. The molecule has 1 fully saturated rings. The molecule has 0 saturated carbocycles. The number of hydrogen-bond donors (Lipinski definition) is 3. The second-order valence-corrected chi connectivity index (χ2v) is 4.48. The number of amides is 2. The summed E-state index contributed by atoms with van der Waals surface area (Å²) in [4.78, 5) is 21.8. The maximum Gasteiger partial charge on any atom is 0.277 e. The summed E-state index contributed by atoms with van der Waals surface area (Å²) >= 11 is 0. The number of hydrogen-bond acceptors (Lipinski definition) is 4. The van der Waals surface area contributed by atoms with Gasteiger partial charge in [-0.05, 0) is 6.42 Å². The normalized spacial score (nSPS) is 23.4. The Morgan fingerprint density at radius 3 is 2.57 bits per heavy atom. The quantitative estimate of drug-likeness (QED) is 0.472. The number of imide groups is 1. The molecule has 80 valence electrons. The van der Waals surface area contributed by atoms with Gasteiger partial charge >= 0.3 is 0 Å². The number of rotatable bonds is 3. The number of carbonyl (C=O) groups is 2. The van der Waals surface area contributed by atoms with E-state index in [1.54, 1.807) is 0 Å². The van der Waals surface area contributed by atoms with Crippen LogP contribution in [0.15, 0.2) is 0 Å². The third-order valence-electron chi connectivity index (χ3n) is 1.81. The Hall–Kier alpha value is -0.990. The van der Waals surface area contributed by atoms with Crippen LogP contribution in [0.4, 0.5) is 0 Å². The van der Waals surface area contributed by atoms with Gasteiger partial charge in [0.15, 0.2) is 0 Å². The van der Waals surface area contributed by atoms with Crippen molar-refractivity contribution in [3.8, 4) is 0 Å². The molecule has 1 aliphatic rings. The molecule has 0 aromatic carbocycles. The maximum absolute atomic E-state index is 11.1. The van der Waals surface area contributed by atoms with E-state index >= 15 is 0 Å². The zero-order valence-electron chi connectivity index (χ0n) is 7.53. The van der Waals surface area contributed by atoms with E-state index in [4.69, 9.17) is 0 Å². The summed E-state index contributed by atoms with van der Waals surface area (Å²) in [5.41, 5.74) is 0. The molecule has 1 unspecified atom stereocenters. The average molecular weight is 221 g/mol. The van der Waals surface area contributed by atoms with E-state index in [1.807, 2.05) is 10.0 Å². The Kier molecular flexibility index (Phi) is 3.19. The second-order valence-electron chi connectivity index (χ2n) is 2.83. The third-order valence-corrected chi connectivity index (χ3v) is 2.94. The number of piperidine rings is 1. The Labute approximate surface area is 81.4 Å². The highest BCUT2D eigenvalue weighted by molar-refractivity contribution is 7.87. The predicted molar refractivity (Wildman–Crippen MR) is 47.3 cm³/mol. The zero-order chi connectivity index (χ0) is 10.8. The van der Waals surface area contributed by atoms with Crippen LogP contribution in [-0.2, 0) is 19.8 Å². The minimum atomic E-state index is -3.64. The molecular formula is C6H11N3O4S. The molecule has 1 heterocycles. The molecule has 3 N–H and O–H groups in total. The lowest BCUT2D eigenvalue weighted by Gasteiger charge is -2.21. The van der Waals surface area contributed by atoms with E-state index < -0.39 is 22.2 Å². The third kappa shape index (κ3) is 2.76. The van der Waals surface area contributed by atoms with E-state index in [9.17, 15) is 18.0 Å². The van der Waals surface area contributed by atoms with Crippen LogP contribution in [0.5, 0.6) is 0 Å². The summed E-state index contributed by atoms with van der Waals surface area (Å²) in [5.74, 6) is -0.991. The van der Waals surface area contributed by atoms with Crippen molar-refractivity contribution in [3.05, 3.63) is 0 Å². The highest BCUT2D eigenvalue weighted by atomic mass is 32.2. The van der Waals surface area contributed by atoms with Crippen LogP contribution in [-0.4, -0.2) is 33.3 Å². The van der Waals surface area contributed by atoms with Gasteiger partial charge < -0.3 is 0 Å². The summed E-state index contributed by atoms with van der Waals surface area (Å²) < 4.78 is 26.1. The molecule has 2 amide bonds. The fourth-order valence-corrected chi connectivity index (χ4v) is 1.77. The molecule has 0 aliphatic carbocycles. The molecule has 14 heavy (non-hydrogen) atoms. The maximum atomic E-state index is 11.1. The Bertz CT molecular complexity index is 350. The van der Waals surface area contributed by atoms with Gasteiger partial charge in [0, 0.05) is 13.5 Å². The Balaban J connectivity index is 2.63. The topological polar surface area (TPSA) is 104 Å². The van der Waals surface area contributed by atoms with Gasteiger partial charge in [-0.3, -0.25) is 14.9 Å². The van der Waals surface area contributed by atoms with Crippen molar-refractivity contribution in [2.24, 2.45) is 0 Å². The van der Waals surface area contributed by atoms with Crippen LogP contribution < -0.4 is 14.8 Å². The van der Waals surface area contributed by atoms with Crippen molar-refractivity contribution < 1.29 is 18.0 Å². The summed E-state index contributed by atoms with van der Waals surface area (Å²) in [7, 11) is -2.41. The lowest BCUT2D eigenvalue weighted by Crippen LogP contribution is -2.54. The number of nitrogens with one attached hydrogen (secondary N) is 3. The van der Waals surface area contributed by atoms with Crippen molar-refractivity contribution >= 4 is 22.0 Å². The van der Waals surface area contributed by atoms with E-state index in [1.165, 1.54) is 7.05 Å². The first-order valence-corrected chi connectivity index (χ1v) is 5.47. The summed E-state index contributed by atoms with van der Waals surface area (Å²) in [6.07, 6.45) is 0.328. The minimum absolute atomic E-state index is 0.142. The molecule has 8 heteroatoms. The standard InChI is InChI=1S/C6H11N3O4S/c1-7-14(12,13)9-4-2-3-5(10)8-6(4)11/h4,7,9H,2-3H2,1H3,(H,8,10,11). The molecule has 0 spiro atoms. The highest BCUT2D eigenvalue weighted by Crippen LogP contribution is 2.04. The monoisotopic (exact) mass is 221 g/mol. The molecule has 7 nitrogen and oxygen atoms in total. The second kappa shape index (κ2) is 4.03. The van der Waals surface area contributed by atoms with Gasteiger partial charge in [-0.15, -0.1) is 0 Å². The van der Waals surface area contributed by atoms with E-state index in [0.717, 1.165) is 0 Å². The Morgan fingerprint density at radius 1 is 1.43 bits per heavy atom.